The first kappa shape index (κ1) is 24.2. The van der Waals surface area contributed by atoms with E-state index < -0.39 is 11.0 Å². The Balaban J connectivity index is 1.44. The van der Waals surface area contributed by atoms with E-state index in [9.17, 15) is 18.0 Å². The maximum Gasteiger partial charge on any atom is 0.299 e. The van der Waals surface area contributed by atoms with Crippen molar-refractivity contribution in [3.63, 3.8) is 0 Å². The van der Waals surface area contributed by atoms with Crippen LogP contribution in [0, 0.1) is 0 Å². The molecule has 7 aromatic carbocycles. The Hall–Kier alpha value is -6.13. The SMILES string of the molecule is O=c1c2ccc3c4ccc5c6c(cc(O[SH](=O)=O)c(c7ccc(c2c37)c2nc3ccccc3n12)c46)c(=O)n1c2ccccc2nc51. The Morgan fingerprint density at radius 1 is 0.500 bits per heavy atom. The van der Waals surface area contributed by atoms with Crippen LogP contribution in [-0.4, -0.2) is 27.2 Å². The summed E-state index contributed by atoms with van der Waals surface area (Å²) in [6, 6.07) is 28.1. The molecule has 4 heterocycles. The number of hydrogen-bond donors (Lipinski definition) is 1. The van der Waals surface area contributed by atoms with Gasteiger partial charge in [0.1, 0.15) is 11.3 Å². The molecule has 0 bridgehead atoms. The molecule has 0 N–H and O–H groups in total. The van der Waals surface area contributed by atoms with Gasteiger partial charge in [0.05, 0.1) is 27.5 Å². The minimum absolute atomic E-state index is 0.0546. The highest BCUT2D eigenvalue weighted by Gasteiger charge is 2.26. The summed E-state index contributed by atoms with van der Waals surface area (Å²) in [5.41, 5.74) is 3.39. The van der Waals surface area contributed by atoms with Crippen LogP contribution < -0.4 is 15.3 Å². The van der Waals surface area contributed by atoms with E-state index in [1.165, 1.54) is 6.07 Å². The normalized spacial score (nSPS) is 12.9. The van der Waals surface area contributed by atoms with Crippen molar-refractivity contribution in [1.29, 1.82) is 0 Å². The Morgan fingerprint density at radius 3 is 1.61 bits per heavy atom. The summed E-state index contributed by atoms with van der Waals surface area (Å²) < 4.78 is 33.0. The monoisotopic (exact) mass is 616 g/mol. The van der Waals surface area contributed by atoms with E-state index in [1.54, 1.807) is 8.80 Å². The van der Waals surface area contributed by atoms with Crippen molar-refractivity contribution < 1.29 is 12.6 Å². The molecule has 0 spiro atoms. The number of pyridine rings is 2. The third-order valence-corrected chi connectivity index (χ3v) is 9.96. The van der Waals surface area contributed by atoms with Crippen LogP contribution in [0.4, 0.5) is 0 Å². The van der Waals surface area contributed by atoms with Crippen LogP contribution in [0.15, 0.2) is 101 Å². The summed E-state index contributed by atoms with van der Waals surface area (Å²) in [5.74, 6) is 0.0546. The van der Waals surface area contributed by atoms with E-state index in [4.69, 9.17) is 14.2 Å². The van der Waals surface area contributed by atoms with Gasteiger partial charge in [-0.2, -0.15) is 8.42 Å². The van der Waals surface area contributed by atoms with E-state index in [-0.39, 0.29) is 16.9 Å². The molecule has 46 heavy (non-hydrogen) atoms. The van der Waals surface area contributed by atoms with E-state index in [2.05, 4.69) is 0 Å². The van der Waals surface area contributed by atoms with Gasteiger partial charge in [-0.1, -0.05) is 42.5 Å². The van der Waals surface area contributed by atoms with Crippen LogP contribution in [0.3, 0.4) is 0 Å². The molecule has 0 atom stereocenters. The molecule has 0 amide bonds. The predicted octanol–water partition coefficient (Wildman–Crippen LogP) is 6.15. The Morgan fingerprint density at radius 2 is 0.978 bits per heavy atom. The lowest BCUT2D eigenvalue weighted by atomic mass is 9.85. The molecule has 0 aliphatic heterocycles. The van der Waals surface area contributed by atoms with E-state index in [0.29, 0.717) is 54.6 Å². The number of para-hydroxylation sites is 4. The largest absolute Gasteiger partial charge is 0.384 e. The van der Waals surface area contributed by atoms with Gasteiger partial charge in [0.2, 0.25) is 0 Å². The van der Waals surface area contributed by atoms with E-state index >= 15 is 0 Å². The standard InChI is InChI=1S/C36H16N4O5S/c41-35-21-14-10-16-17-9-12-20-30-22(36(42)40-26-8-4-2-6-24(26)38-34(20)40)15-27(45-46(43)44)31(32(17)30)18-11-13-19(29(21)28(16)18)33-37-23-5-1-3-7-25(23)39(33)35/h1-15,46H. The molecular formula is C36H16N4O5S. The van der Waals surface area contributed by atoms with Gasteiger partial charge < -0.3 is 4.18 Å². The minimum atomic E-state index is -3.31. The van der Waals surface area contributed by atoms with Crippen LogP contribution in [0.1, 0.15) is 0 Å². The first-order chi connectivity index (χ1) is 22.5. The lowest BCUT2D eigenvalue weighted by molar-refractivity contribution is 0.514. The number of imidazole rings is 2. The van der Waals surface area contributed by atoms with E-state index in [0.717, 1.165) is 43.4 Å². The zero-order chi connectivity index (χ0) is 30.6. The van der Waals surface area contributed by atoms with Gasteiger partial charge in [-0.15, -0.1) is 0 Å². The number of benzene rings is 7. The minimum Gasteiger partial charge on any atom is -0.384 e. The molecule has 0 fully saturated rings. The van der Waals surface area contributed by atoms with Crippen LogP contribution in [0.25, 0.3) is 98.0 Å². The van der Waals surface area contributed by atoms with Gasteiger partial charge in [-0.3, -0.25) is 18.4 Å². The summed E-state index contributed by atoms with van der Waals surface area (Å²) in [7, 11) is -3.31. The molecule has 11 rings (SSSR count). The zero-order valence-corrected chi connectivity index (χ0v) is 24.3. The highest BCUT2D eigenvalue weighted by atomic mass is 32.2. The molecular weight excluding hydrogens is 600 g/mol. The molecule has 0 saturated heterocycles. The molecule has 9 nitrogen and oxygen atoms in total. The van der Waals surface area contributed by atoms with Crippen LogP contribution in [0.5, 0.6) is 5.75 Å². The molecule has 0 radical (unpaired) electrons. The topological polar surface area (TPSA) is 112 Å². The number of aromatic nitrogens is 4. The quantitative estimate of drug-likeness (QED) is 0.141. The van der Waals surface area contributed by atoms with Crippen molar-refractivity contribution in [2.45, 2.75) is 0 Å². The Kier molecular flexibility index (Phi) is 4.17. The van der Waals surface area contributed by atoms with Crippen LogP contribution >= 0.6 is 0 Å². The number of nitrogens with zero attached hydrogens (tertiary/aromatic N) is 4. The lowest BCUT2D eigenvalue weighted by Crippen LogP contribution is -2.14. The average molecular weight is 617 g/mol. The fourth-order valence-electron chi connectivity index (χ4n) is 7.90. The fourth-order valence-corrected chi connectivity index (χ4v) is 8.20. The lowest BCUT2D eigenvalue weighted by Gasteiger charge is -2.19. The average Bonchev–Trinajstić information content (AvgIpc) is 3.65. The van der Waals surface area contributed by atoms with Gasteiger partial charge in [0.25, 0.3) is 22.1 Å². The molecule has 0 unspecified atom stereocenters. The van der Waals surface area contributed by atoms with Crippen molar-refractivity contribution in [2.75, 3.05) is 0 Å². The summed E-state index contributed by atoms with van der Waals surface area (Å²) in [6.45, 7) is 0. The van der Waals surface area contributed by atoms with Crippen LogP contribution in [0.2, 0.25) is 0 Å². The number of thiol groups is 1. The smallest absolute Gasteiger partial charge is 0.299 e. The Labute approximate surface area is 257 Å². The number of hydrogen-bond acceptors (Lipinski definition) is 7. The van der Waals surface area contributed by atoms with Gasteiger partial charge in [-0.05, 0) is 70.1 Å². The highest BCUT2D eigenvalue weighted by molar-refractivity contribution is 7.67. The van der Waals surface area contributed by atoms with Crippen molar-refractivity contribution in [2.24, 2.45) is 0 Å². The van der Waals surface area contributed by atoms with Crippen molar-refractivity contribution >= 4 is 109 Å². The third-order valence-electron chi connectivity index (χ3n) is 9.61. The molecule has 0 aliphatic carbocycles. The van der Waals surface area contributed by atoms with Gasteiger partial charge >= 0.3 is 0 Å². The van der Waals surface area contributed by atoms with Gasteiger partial charge in [0, 0.05) is 37.7 Å². The number of rotatable bonds is 2. The Bertz CT molecular complexity index is 3370. The van der Waals surface area contributed by atoms with E-state index in [1.807, 2.05) is 84.9 Å². The summed E-state index contributed by atoms with van der Waals surface area (Å²) in [4.78, 5) is 38.0. The van der Waals surface area contributed by atoms with Crippen molar-refractivity contribution in [3.05, 3.63) is 112 Å². The summed E-state index contributed by atoms with van der Waals surface area (Å²) in [6.07, 6.45) is 0. The summed E-state index contributed by atoms with van der Waals surface area (Å²) in [5, 5.41) is 8.31. The first-order valence-electron chi connectivity index (χ1n) is 14.6. The zero-order valence-electron chi connectivity index (χ0n) is 23.4. The predicted molar refractivity (Wildman–Crippen MR) is 181 cm³/mol. The second-order valence-electron chi connectivity index (χ2n) is 11.7. The number of fused-ring (bicyclic) bond motifs is 10. The molecule has 11 aromatic rings. The molecule has 4 aromatic heterocycles. The second kappa shape index (κ2) is 7.92. The maximum absolute atomic E-state index is 14.2. The third kappa shape index (κ3) is 2.67. The van der Waals surface area contributed by atoms with Crippen LogP contribution in [-0.2, 0) is 11.0 Å². The first-order valence-corrected chi connectivity index (χ1v) is 15.7. The molecule has 10 heteroatoms. The van der Waals surface area contributed by atoms with Crippen molar-refractivity contribution in [3.8, 4) is 5.75 Å². The van der Waals surface area contributed by atoms with Gasteiger partial charge in [-0.25, -0.2) is 9.97 Å². The fraction of sp³-hybridized carbons (Fsp3) is 0. The molecule has 0 aliphatic rings. The molecule has 0 saturated carbocycles. The molecule has 216 valence electrons. The maximum atomic E-state index is 14.2. The van der Waals surface area contributed by atoms with Gasteiger partial charge in [0.15, 0.2) is 5.75 Å². The highest BCUT2D eigenvalue weighted by Crippen LogP contribution is 2.48. The summed E-state index contributed by atoms with van der Waals surface area (Å²) >= 11 is 0. The second-order valence-corrected chi connectivity index (χ2v) is 12.4. The van der Waals surface area contributed by atoms with Crippen molar-refractivity contribution in [1.82, 2.24) is 18.8 Å².